The van der Waals surface area contributed by atoms with Crippen LogP contribution >= 0.6 is 0 Å². The molecule has 2 aromatic rings. The summed E-state index contributed by atoms with van der Waals surface area (Å²) in [6, 6.07) is 17.4. The van der Waals surface area contributed by atoms with Gasteiger partial charge >= 0.3 is 0 Å². The summed E-state index contributed by atoms with van der Waals surface area (Å²) in [4.78, 5) is 12.2. The van der Waals surface area contributed by atoms with Crippen LogP contribution in [0.3, 0.4) is 0 Å². The van der Waals surface area contributed by atoms with Gasteiger partial charge in [0, 0.05) is 12.6 Å². The maximum Gasteiger partial charge on any atom is 0.224 e. The van der Waals surface area contributed by atoms with Crippen LogP contribution in [0.5, 0.6) is 0 Å². The van der Waals surface area contributed by atoms with Crippen molar-refractivity contribution >= 4 is 5.91 Å². The van der Waals surface area contributed by atoms with Crippen molar-refractivity contribution in [1.29, 1.82) is 0 Å². The van der Waals surface area contributed by atoms with E-state index >= 15 is 0 Å². The van der Waals surface area contributed by atoms with Crippen molar-refractivity contribution in [1.82, 2.24) is 10.6 Å². The van der Waals surface area contributed by atoms with E-state index in [0.717, 1.165) is 31.4 Å². The molecule has 3 heteroatoms. The number of carbonyl (C=O) groups is 1. The number of hydrogen-bond donors (Lipinski definition) is 2. The third kappa shape index (κ3) is 5.18. The van der Waals surface area contributed by atoms with Crippen LogP contribution in [0, 0.1) is 5.92 Å². The third-order valence-corrected chi connectivity index (χ3v) is 5.00. The highest BCUT2D eigenvalue weighted by Crippen LogP contribution is 2.24. The Bertz CT molecular complexity index is 721. The number of nitrogens with one attached hydrogen (secondary N) is 2. The lowest BCUT2D eigenvalue weighted by molar-refractivity contribution is -0.120. The Morgan fingerprint density at radius 3 is 2.62 bits per heavy atom. The van der Waals surface area contributed by atoms with Gasteiger partial charge in [-0.05, 0) is 54.0 Å². The molecule has 0 aromatic heterocycles. The molecule has 2 aromatic carbocycles. The van der Waals surface area contributed by atoms with Crippen LogP contribution in [-0.4, -0.2) is 19.0 Å². The van der Waals surface area contributed by atoms with E-state index in [1.807, 2.05) is 0 Å². The van der Waals surface area contributed by atoms with Crippen molar-refractivity contribution in [3.8, 4) is 0 Å². The highest BCUT2D eigenvalue weighted by Gasteiger charge is 2.18. The molecule has 1 atom stereocenters. The van der Waals surface area contributed by atoms with Gasteiger partial charge in [-0.2, -0.15) is 0 Å². The molecule has 3 nitrogen and oxygen atoms in total. The number of rotatable bonds is 7. The van der Waals surface area contributed by atoms with Gasteiger partial charge in [0.2, 0.25) is 5.91 Å². The first-order valence-corrected chi connectivity index (χ1v) is 9.77. The molecular formula is C23H30N2O. The lowest BCUT2D eigenvalue weighted by Gasteiger charge is -2.27. The van der Waals surface area contributed by atoms with Gasteiger partial charge in [0.15, 0.2) is 0 Å². The standard InChI is InChI=1S/C23H30N2O/c1-17(2)15-18-7-9-19(10-8-18)16-23(26)25-14-12-22-21-6-4-3-5-20(21)11-13-24-22/h3-10,17,22,24H,11-16H2,1-2H3,(H,25,26). The van der Waals surface area contributed by atoms with Crippen molar-refractivity contribution in [2.24, 2.45) is 5.92 Å². The molecule has 0 bridgehead atoms. The lowest BCUT2D eigenvalue weighted by atomic mass is 9.92. The second-order valence-electron chi connectivity index (χ2n) is 7.69. The lowest BCUT2D eigenvalue weighted by Crippen LogP contribution is -2.34. The number of benzene rings is 2. The topological polar surface area (TPSA) is 41.1 Å². The van der Waals surface area contributed by atoms with Gasteiger partial charge < -0.3 is 10.6 Å². The zero-order chi connectivity index (χ0) is 18.4. The maximum absolute atomic E-state index is 12.2. The van der Waals surface area contributed by atoms with Gasteiger partial charge in [-0.15, -0.1) is 0 Å². The summed E-state index contributed by atoms with van der Waals surface area (Å²) in [5.74, 6) is 0.758. The average molecular weight is 351 g/mol. The minimum absolute atomic E-state index is 0.103. The smallest absolute Gasteiger partial charge is 0.224 e. The molecule has 1 aliphatic rings. The fourth-order valence-corrected chi connectivity index (χ4v) is 3.72. The van der Waals surface area contributed by atoms with Crippen molar-refractivity contribution in [3.05, 3.63) is 70.8 Å². The predicted molar refractivity (Wildman–Crippen MR) is 107 cm³/mol. The van der Waals surface area contributed by atoms with Gasteiger partial charge in [0.05, 0.1) is 6.42 Å². The molecule has 0 saturated carbocycles. The molecule has 0 fully saturated rings. The molecule has 0 saturated heterocycles. The van der Waals surface area contributed by atoms with Crippen LogP contribution in [0.25, 0.3) is 0 Å². The number of hydrogen-bond acceptors (Lipinski definition) is 2. The number of fused-ring (bicyclic) bond motifs is 1. The molecule has 0 spiro atoms. The van der Waals surface area contributed by atoms with Crippen molar-refractivity contribution in [3.63, 3.8) is 0 Å². The molecular weight excluding hydrogens is 320 g/mol. The minimum atomic E-state index is 0.103. The molecule has 2 N–H and O–H groups in total. The number of carbonyl (C=O) groups excluding carboxylic acids is 1. The monoisotopic (exact) mass is 350 g/mol. The summed E-state index contributed by atoms with van der Waals surface area (Å²) in [7, 11) is 0. The number of amides is 1. The van der Waals surface area contributed by atoms with E-state index in [-0.39, 0.29) is 5.91 Å². The summed E-state index contributed by atoms with van der Waals surface area (Å²) in [6.45, 7) is 6.16. The van der Waals surface area contributed by atoms with Gasteiger partial charge in [-0.25, -0.2) is 0 Å². The quantitative estimate of drug-likeness (QED) is 0.797. The fourth-order valence-electron chi connectivity index (χ4n) is 3.72. The summed E-state index contributed by atoms with van der Waals surface area (Å²) < 4.78 is 0. The van der Waals surface area contributed by atoms with Crippen molar-refractivity contribution in [2.45, 2.75) is 45.6 Å². The normalized spacial score (nSPS) is 16.3. The molecule has 1 heterocycles. The molecule has 26 heavy (non-hydrogen) atoms. The first-order valence-electron chi connectivity index (χ1n) is 9.77. The Labute approximate surface area is 157 Å². The van der Waals surface area contributed by atoms with Gasteiger partial charge in [0.1, 0.15) is 0 Å². The molecule has 3 rings (SSSR count). The summed E-state index contributed by atoms with van der Waals surface area (Å²) in [6.07, 6.45) is 3.56. The van der Waals surface area contributed by atoms with E-state index in [1.165, 1.54) is 16.7 Å². The highest BCUT2D eigenvalue weighted by molar-refractivity contribution is 5.78. The van der Waals surface area contributed by atoms with Crippen LogP contribution in [0.15, 0.2) is 48.5 Å². The SMILES string of the molecule is CC(C)Cc1ccc(CC(=O)NCCC2NCCc3ccccc32)cc1. The van der Waals surface area contributed by atoms with E-state index < -0.39 is 0 Å². The Hall–Kier alpha value is -2.13. The average Bonchev–Trinajstić information content (AvgIpc) is 2.63. The first-order chi connectivity index (χ1) is 12.6. The van der Waals surface area contributed by atoms with Gasteiger partial charge in [-0.1, -0.05) is 62.4 Å². The van der Waals surface area contributed by atoms with Gasteiger partial charge in [-0.3, -0.25) is 4.79 Å². The van der Waals surface area contributed by atoms with Crippen LogP contribution in [0.2, 0.25) is 0 Å². The second-order valence-corrected chi connectivity index (χ2v) is 7.69. The van der Waals surface area contributed by atoms with E-state index in [9.17, 15) is 4.79 Å². The zero-order valence-electron chi connectivity index (χ0n) is 15.9. The molecule has 0 aliphatic carbocycles. The highest BCUT2D eigenvalue weighted by atomic mass is 16.1. The second kappa shape index (κ2) is 9.00. The Morgan fingerprint density at radius 1 is 1.12 bits per heavy atom. The van der Waals surface area contributed by atoms with Crippen molar-refractivity contribution in [2.75, 3.05) is 13.1 Å². The summed E-state index contributed by atoms with van der Waals surface area (Å²) >= 11 is 0. The van der Waals surface area contributed by atoms with E-state index in [4.69, 9.17) is 0 Å². The summed E-state index contributed by atoms with van der Waals surface area (Å²) in [5.41, 5.74) is 5.24. The zero-order valence-corrected chi connectivity index (χ0v) is 15.9. The molecule has 1 amide bonds. The van der Waals surface area contributed by atoms with E-state index in [2.05, 4.69) is 73.0 Å². The Morgan fingerprint density at radius 2 is 1.85 bits per heavy atom. The van der Waals surface area contributed by atoms with Crippen LogP contribution in [-0.2, 0) is 24.1 Å². The van der Waals surface area contributed by atoms with Crippen molar-refractivity contribution < 1.29 is 4.79 Å². The molecule has 138 valence electrons. The predicted octanol–water partition coefficient (Wildman–Crippen LogP) is 3.82. The van der Waals surface area contributed by atoms with E-state index in [0.29, 0.717) is 24.9 Å². The minimum Gasteiger partial charge on any atom is -0.356 e. The van der Waals surface area contributed by atoms with E-state index in [1.54, 1.807) is 0 Å². The van der Waals surface area contributed by atoms with Crippen LogP contribution in [0.4, 0.5) is 0 Å². The maximum atomic E-state index is 12.2. The first kappa shape index (κ1) is 18.7. The van der Waals surface area contributed by atoms with Gasteiger partial charge in [0.25, 0.3) is 0 Å². The summed E-state index contributed by atoms with van der Waals surface area (Å²) in [5, 5.41) is 6.65. The Balaban J connectivity index is 1.45. The molecule has 1 unspecified atom stereocenters. The molecule has 1 aliphatic heterocycles. The fraction of sp³-hybridized carbons (Fsp3) is 0.435. The third-order valence-electron chi connectivity index (χ3n) is 5.00. The van der Waals surface area contributed by atoms with Crippen LogP contribution in [0.1, 0.15) is 48.6 Å². The van der Waals surface area contributed by atoms with Crippen LogP contribution < -0.4 is 10.6 Å². The Kier molecular flexibility index (Phi) is 6.45. The molecule has 0 radical (unpaired) electrons. The largest absolute Gasteiger partial charge is 0.356 e.